The monoisotopic (exact) mass is 434 g/mol. The zero-order valence-corrected chi connectivity index (χ0v) is 18.2. The van der Waals surface area contributed by atoms with Crippen LogP contribution in [0.5, 0.6) is 0 Å². The molecule has 0 radical (unpaired) electrons. The fraction of sp³-hybridized carbons (Fsp3) is 0.182. The van der Waals surface area contributed by atoms with Gasteiger partial charge in [0.15, 0.2) is 5.69 Å². The number of thiophene rings is 1. The van der Waals surface area contributed by atoms with Crippen molar-refractivity contribution in [2.45, 2.75) is 20.4 Å². The minimum atomic E-state index is -0.363. The summed E-state index contributed by atoms with van der Waals surface area (Å²) in [4.78, 5) is 25.7. The molecular weight excluding hydrogens is 412 g/mol. The Morgan fingerprint density at radius 3 is 2.48 bits per heavy atom. The molecule has 0 unspecified atom stereocenters. The zero-order valence-electron chi connectivity index (χ0n) is 17.4. The van der Waals surface area contributed by atoms with Gasteiger partial charge in [-0.25, -0.2) is 0 Å². The van der Waals surface area contributed by atoms with Gasteiger partial charge in [-0.05, 0) is 30.9 Å². The number of hydrogen-bond donors (Lipinski definition) is 2. The molecule has 0 spiro atoms. The van der Waals surface area contributed by atoms with E-state index in [0.717, 1.165) is 17.0 Å². The van der Waals surface area contributed by atoms with Crippen LogP contribution in [-0.2, 0) is 13.6 Å². The number of carbonyl (C=O) groups excluding carboxylic acids is 2. The van der Waals surface area contributed by atoms with Gasteiger partial charge in [-0.2, -0.15) is 10.2 Å². The second-order valence-corrected chi connectivity index (χ2v) is 8.06. The normalized spacial score (nSPS) is 10.8. The van der Waals surface area contributed by atoms with Crippen LogP contribution in [0.4, 0.5) is 11.5 Å². The van der Waals surface area contributed by atoms with Gasteiger partial charge >= 0.3 is 0 Å². The Hall–Kier alpha value is -3.72. The molecule has 0 saturated carbocycles. The number of benzene rings is 1. The van der Waals surface area contributed by atoms with E-state index >= 15 is 0 Å². The number of hydrogen-bond acceptors (Lipinski definition) is 5. The third-order valence-corrected chi connectivity index (χ3v) is 5.76. The van der Waals surface area contributed by atoms with Crippen molar-refractivity contribution in [3.05, 3.63) is 81.4 Å². The van der Waals surface area contributed by atoms with E-state index in [2.05, 4.69) is 20.8 Å². The SMILES string of the molecule is Cc1nn(Cc2ccccc2)c(C)c1NC(=O)c1cc(NC(=O)c2cccs2)n(C)n1. The summed E-state index contributed by atoms with van der Waals surface area (Å²) in [7, 11) is 1.68. The largest absolute Gasteiger partial charge is 0.317 e. The van der Waals surface area contributed by atoms with E-state index in [1.807, 2.05) is 60.3 Å². The summed E-state index contributed by atoms with van der Waals surface area (Å²) in [6.45, 7) is 4.39. The Morgan fingerprint density at radius 1 is 1.00 bits per heavy atom. The molecule has 0 bridgehead atoms. The number of nitrogens with one attached hydrogen (secondary N) is 2. The highest BCUT2D eigenvalue weighted by atomic mass is 32.1. The maximum atomic E-state index is 12.8. The van der Waals surface area contributed by atoms with Crippen molar-refractivity contribution in [2.24, 2.45) is 7.05 Å². The summed E-state index contributed by atoms with van der Waals surface area (Å²) in [6, 6.07) is 15.1. The van der Waals surface area contributed by atoms with Crippen LogP contribution < -0.4 is 10.6 Å². The van der Waals surface area contributed by atoms with Crippen LogP contribution in [0.2, 0.25) is 0 Å². The van der Waals surface area contributed by atoms with Crippen LogP contribution in [0.15, 0.2) is 53.9 Å². The van der Waals surface area contributed by atoms with Crippen LogP contribution in [0, 0.1) is 13.8 Å². The molecule has 4 aromatic rings. The molecule has 3 heterocycles. The minimum Gasteiger partial charge on any atom is -0.317 e. The average Bonchev–Trinajstić information content (AvgIpc) is 3.47. The van der Waals surface area contributed by atoms with Crippen LogP contribution in [0.1, 0.15) is 37.1 Å². The van der Waals surface area contributed by atoms with Crippen molar-refractivity contribution in [1.29, 1.82) is 0 Å². The quantitative estimate of drug-likeness (QED) is 0.482. The molecule has 4 rings (SSSR count). The van der Waals surface area contributed by atoms with E-state index in [0.29, 0.717) is 22.9 Å². The molecule has 1 aromatic carbocycles. The fourth-order valence-corrected chi connectivity index (χ4v) is 3.87. The first-order valence-electron chi connectivity index (χ1n) is 9.70. The second kappa shape index (κ2) is 8.57. The lowest BCUT2D eigenvalue weighted by Crippen LogP contribution is -2.14. The molecule has 0 aliphatic heterocycles. The zero-order chi connectivity index (χ0) is 22.0. The minimum absolute atomic E-state index is 0.207. The molecule has 9 heteroatoms. The van der Waals surface area contributed by atoms with Crippen molar-refractivity contribution in [1.82, 2.24) is 19.6 Å². The van der Waals surface area contributed by atoms with Crippen LogP contribution in [0.25, 0.3) is 0 Å². The standard InChI is InChI=1S/C22H22N6O2S/c1-14-20(15(2)28(25-14)13-16-8-5-4-6-9-16)24-21(29)17-12-19(27(3)26-17)23-22(30)18-10-7-11-31-18/h4-12H,13H2,1-3H3,(H,23,30)(H,24,29). The molecule has 3 aromatic heterocycles. The van der Waals surface area contributed by atoms with E-state index in [4.69, 9.17) is 0 Å². The Labute approximate surface area is 183 Å². The number of nitrogens with zero attached hydrogens (tertiary/aromatic N) is 4. The Bertz CT molecular complexity index is 1220. The number of anilines is 2. The lowest BCUT2D eigenvalue weighted by Gasteiger charge is -2.06. The predicted molar refractivity (Wildman–Crippen MR) is 121 cm³/mol. The van der Waals surface area contributed by atoms with Gasteiger partial charge < -0.3 is 10.6 Å². The maximum Gasteiger partial charge on any atom is 0.276 e. The van der Waals surface area contributed by atoms with Crippen molar-refractivity contribution < 1.29 is 9.59 Å². The van der Waals surface area contributed by atoms with Gasteiger partial charge in [-0.15, -0.1) is 11.3 Å². The van der Waals surface area contributed by atoms with Crippen LogP contribution >= 0.6 is 11.3 Å². The molecule has 31 heavy (non-hydrogen) atoms. The van der Waals surface area contributed by atoms with Gasteiger partial charge in [0.2, 0.25) is 0 Å². The summed E-state index contributed by atoms with van der Waals surface area (Å²) >= 11 is 1.35. The number of amides is 2. The number of rotatable bonds is 6. The topological polar surface area (TPSA) is 93.8 Å². The summed E-state index contributed by atoms with van der Waals surface area (Å²) < 4.78 is 3.34. The van der Waals surface area contributed by atoms with Gasteiger partial charge in [0.1, 0.15) is 5.82 Å². The molecule has 2 amide bonds. The van der Waals surface area contributed by atoms with Crippen molar-refractivity contribution in [2.75, 3.05) is 10.6 Å². The highest BCUT2D eigenvalue weighted by molar-refractivity contribution is 7.12. The Balaban J connectivity index is 1.49. The van der Waals surface area contributed by atoms with E-state index in [-0.39, 0.29) is 17.5 Å². The van der Waals surface area contributed by atoms with Crippen LogP contribution in [0.3, 0.4) is 0 Å². The number of aromatic nitrogens is 4. The highest BCUT2D eigenvalue weighted by Gasteiger charge is 2.19. The molecule has 158 valence electrons. The molecule has 0 aliphatic rings. The molecule has 0 atom stereocenters. The van der Waals surface area contributed by atoms with E-state index < -0.39 is 0 Å². The smallest absolute Gasteiger partial charge is 0.276 e. The molecule has 0 saturated heterocycles. The lowest BCUT2D eigenvalue weighted by molar-refractivity contribution is 0.101. The first-order valence-corrected chi connectivity index (χ1v) is 10.6. The van der Waals surface area contributed by atoms with E-state index in [1.165, 1.54) is 16.0 Å². The van der Waals surface area contributed by atoms with E-state index in [9.17, 15) is 9.59 Å². The van der Waals surface area contributed by atoms with Gasteiger partial charge in [-0.1, -0.05) is 36.4 Å². The summed E-state index contributed by atoms with van der Waals surface area (Å²) in [6.07, 6.45) is 0. The van der Waals surface area contributed by atoms with Gasteiger partial charge in [0.25, 0.3) is 11.8 Å². The molecule has 0 aliphatic carbocycles. The van der Waals surface area contributed by atoms with Crippen molar-refractivity contribution in [3.63, 3.8) is 0 Å². The van der Waals surface area contributed by atoms with Gasteiger partial charge in [-0.3, -0.25) is 19.0 Å². The fourth-order valence-electron chi connectivity index (χ4n) is 3.25. The van der Waals surface area contributed by atoms with Gasteiger partial charge in [0, 0.05) is 13.1 Å². The van der Waals surface area contributed by atoms with Gasteiger partial charge in [0.05, 0.1) is 28.5 Å². The molecule has 0 fully saturated rings. The van der Waals surface area contributed by atoms with E-state index in [1.54, 1.807) is 19.2 Å². The van der Waals surface area contributed by atoms with Crippen molar-refractivity contribution in [3.8, 4) is 0 Å². The first-order chi connectivity index (χ1) is 14.9. The summed E-state index contributed by atoms with van der Waals surface area (Å²) in [5, 5.41) is 16.3. The summed E-state index contributed by atoms with van der Waals surface area (Å²) in [5.74, 6) is -0.159. The third-order valence-electron chi connectivity index (χ3n) is 4.89. The number of carbonyl (C=O) groups is 2. The summed E-state index contributed by atoms with van der Waals surface area (Å²) in [5.41, 5.74) is 3.58. The maximum absolute atomic E-state index is 12.8. The second-order valence-electron chi connectivity index (χ2n) is 7.11. The van der Waals surface area contributed by atoms with Crippen molar-refractivity contribution >= 4 is 34.7 Å². The molecule has 2 N–H and O–H groups in total. The highest BCUT2D eigenvalue weighted by Crippen LogP contribution is 2.22. The molecule has 8 nitrogen and oxygen atoms in total. The predicted octanol–water partition coefficient (Wildman–Crippen LogP) is 3.85. The Kier molecular flexibility index (Phi) is 5.68. The Morgan fingerprint density at radius 2 is 1.77 bits per heavy atom. The average molecular weight is 435 g/mol. The van der Waals surface area contributed by atoms with Crippen LogP contribution in [-0.4, -0.2) is 31.4 Å². The third kappa shape index (κ3) is 4.41. The number of aryl methyl sites for hydroxylation is 2. The first kappa shape index (κ1) is 20.5. The lowest BCUT2D eigenvalue weighted by atomic mass is 10.2. The molecular formula is C22H22N6O2S.